The molecule has 0 spiro atoms. The summed E-state index contributed by atoms with van der Waals surface area (Å²) in [6.45, 7) is 3.99. The molecule has 3 aliphatic rings. The lowest BCUT2D eigenvalue weighted by molar-refractivity contribution is -0.153. The normalized spacial score (nSPS) is 33.7. The van der Waals surface area contributed by atoms with Crippen LogP contribution in [0.1, 0.15) is 43.4 Å². The molecule has 2 aliphatic carbocycles. The SMILES string of the molecule is CC1(C)O[C@@H]2[C@H](O1)[C@@H]1C[C@H]2c2cnc(-c3ccccc3)nc21. The van der Waals surface area contributed by atoms with Gasteiger partial charge in [-0.1, -0.05) is 30.3 Å². The average Bonchev–Trinajstić information content (AvgIpc) is 3.14. The first-order chi connectivity index (χ1) is 10.6. The first-order valence-electron chi connectivity index (χ1n) is 7.90. The Morgan fingerprint density at radius 1 is 1.05 bits per heavy atom. The molecule has 22 heavy (non-hydrogen) atoms. The third-order valence-corrected chi connectivity index (χ3v) is 5.10. The Bertz CT molecular complexity index is 744. The minimum absolute atomic E-state index is 0.144. The molecule has 5 rings (SSSR count). The van der Waals surface area contributed by atoms with Gasteiger partial charge in [0.25, 0.3) is 0 Å². The van der Waals surface area contributed by atoms with Gasteiger partial charge >= 0.3 is 0 Å². The predicted molar refractivity (Wildman–Crippen MR) is 81.4 cm³/mol. The minimum Gasteiger partial charge on any atom is -0.344 e. The first-order valence-corrected chi connectivity index (χ1v) is 7.90. The fourth-order valence-electron chi connectivity index (χ4n) is 4.27. The second-order valence-corrected chi connectivity index (χ2v) is 6.91. The van der Waals surface area contributed by atoms with E-state index in [1.54, 1.807) is 0 Å². The van der Waals surface area contributed by atoms with Crippen molar-refractivity contribution in [3.05, 3.63) is 47.8 Å². The van der Waals surface area contributed by atoms with Crippen LogP contribution in [0.25, 0.3) is 11.4 Å². The van der Waals surface area contributed by atoms with E-state index >= 15 is 0 Å². The smallest absolute Gasteiger partial charge is 0.163 e. The van der Waals surface area contributed by atoms with E-state index in [9.17, 15) is 0 Å². The number of ether oxygens (including phenoxy) is 2. The second-order valence-electron chi connectivity index (χ2n) is 6.91. The summed E-state index contributed by atoms with van der Waals surface area (Å²) in [4.78, 5) is 9.45. The largest absolute Gasteiger partial charge is 0.344 e. The molecule has 112 valence electrons. The molecule has 2 aromatic rings. The Balaban J connectivity index is 1.57. The molecule has 1 saturated carbocycles. The van der Waals surface area contributed by atoms with Crippen LogP contribution in [0, 0.1) is 0 Å². The summed E-state index contributed by atoms with van der Waals surface area (Å²) in [5.74, 6) is 1.06. The molecule has 0 radical (unpaired) electrons. The van der Waals surface area contributed by atoms with Crippen molar-refractivity contribution in [2.24, 2.45) is 0 Å². The number of hydrogen-bond donors (Lipinski definition) is 0. The van der Waals surface area contributed by atoms with Crippen molar-refractivity contribution in [3.63, 3.8) is 0 Å². The number of hydrogen-bond acceptors (Lipinski definition) is 4. The van der Waals surface area contributed by atoms with Crippen LogP contribution >= 0.6 is 0 Å². The summed E-state index contributed by atoms with van der Waals surface area (Å²) in [7, 11) is 0. The van der Waals surface area contributed by atoms with Crippen molar-refractivity contribution >= 4 is 0 Å². The van der Waals surface area contributed by atoms with Gasteiger partial charge in [0.15, 0.2) is 11.6 Å². The van der Waals surface area contributed by atoms with Gasteiger partial charge in [-0.05, 0) is 25.8 Å². The molecule has 0 amide bonds. The van der Waals surface area contributed by atoms with Gasteiger partial charge < -0.3 is 9.47 Å². The van der Waals surface area contributed by atoms with E-state index in [2.05, 4.69) is 17.1 Å². The van der Waals surface area contributed by atoms with E-state index < -0.39 is 5.79 Å². The zero-order valence-electron chi connectivity index (χ0n) is 12.7. The van der Waals surface area contributed by atoms with Crippen molar-refractivity contribution in [1.82, 2.24) is 9.97 Å². The van der Waals surface area contributed by atoms with Gasteiger partial charge in [-0.2, -0.15) is 0 Å². The quantitative estimate of drug-likeness (QED) is 0.810. The molecule has 1 aliphatic heterocycles. The van der Waals surface area contributed by atoms with Crippen LogP contribution in [0.5, 0.6) is 0 Å². The lowest BCUT2D eigenvalue weighted by Crippen LogP contribution is -2.29. The maximum Gasteiger partial charge on any atom is 0.163 e. The van der Waals surface area contributed by atoms with Crippen molar-refractivity contribution in [2.75, 3.05) is 0 Å². The third-order valence-electron chi connectivity index (χ3n) is 5.10. The second kappa shape index (κ2) is 4.15. The number of rotatable bonds is 1. The Labute approximate surface area is 129 Å². The first kappa shape index (κ1) is 12.7. The number of nitrogens with zero attached hydrogens (tertiary/aromatic N) is 2. The van der Waals surface area contributed by atoms with E-state index in [0.29, 0.717) is 11.8 Å². The maximum atomic E-state index is 6.13. The molecule has 0 unspecified atom stereocenters. The lowest BCUT2D eigenvalue weighted by Gasteiger charge is -2.23. The Hall–Kier alpha value is -1.78. The van der Waals surface area contributed by atoms with Crippen LogP contribution in [0.4, 0.5) is 0 Å². The van der Waals surface area contributed by atoms with Crippen LogP contribution in [-0.2, 0) is 9.47 Å². The standard InChI is InChI=1S/C18H18N2O2/c1-18(2)21-15-11-8-12(16(15)22-18)14-13(11)9-19-17(20-14)10-6-4-3-5-7-10/h3-7,9,11-12,15-16H,8H2,1-2H3/t11-,12+,15-,16+/m0/s1. The topological polar surface area (TPSA) is 44.2 Å². The van der Waals surface area contributed by atoms with Gasteiger partial charge in [-0.15, -0.1) is 0 Å². The zero-order chi connectivity index (χ0) is 14.9. The fraction of sp³-hybridized carbons (Fsp3) is 0.444. The van der Waals surface area contributed by atoms with Crippen LogP contribution in [0.3, 0.4) is 0 Å². The Morgan fingerprint density at radius 2 is 1.77 bits per heavy atom. The molecule has 2 heterocycles. The van der Waals surface area contributed by atoms with Gasteiger partial charge in [0.2, 0.25) is 0 Å². The van der Waals surface area contributed by atoms with Crippen LogP contribution in [0.15, 0.2) is 36.5 Å². The van der Waals surface area contributed by atoms with Gasteiger partial charge in [0.05, 0.1) is 17.9 Å². The van der Waals surface area contributed by atoms with Crippen molar-refractivity contribution in [2.45, 2.75) is 50.1 Å². The van der Waals surface area contributed by atoms with Crippen LogP contribution in [-0.4, -0.2) is 28.0 Å². The average molecular weight is 294 g/mol. The van der Waals surface area contributed by atoms with Gasteiger partial charge in [0.1, 0.15) is 0 Å². The van der Waals surface area contributed by atoms with Gasteiger partial charge in [-0.3, -0.25) is 0 Å². The Kier molecular flexibility index (Phi) is 2.40. The summed E-state index contributed by atoms with van der Waals surface area (Å²) >= 11 is 0. The lowest BCUT2D eigenvalue weighted by atomic mass is 9.92. The molecule has 2 bridgehead atoms. The molecule has 2 fully saturated rings. The highest BCUT2D eigenvalue weighted by atomic mass is 16.8. The Morgan fingerprint density at radius 3 is 2.55 bits per heavy atom. The van der Waals surface area contributed by atoms with E-state index in [-0.39, 0.29) is 12.2 Å². The van der Waals surface area contributed by atoms with Crippen LogP contribution < -0.4 is 0 Å². The van der Waals surface area contributed by atoms with Crippen molar-refractivity contribution in [1.29, 1.82) is 0 Å². The maximum absolute atomic E-state index is 6.13. The van der Waals surface area contributed by atoms with E-state index in [4.69, 9.17) is 14.5 Å². The molecular formula is C18H18N2O2. The van der Waals surface area contributed by atoms with Crippen molar-refractivity contribution in [3.8, 4) is 11.4 Å². The molecule has 4 nitrogen and oxygen atoms in total. The minimum atomic E-state index is -0.482. The summed E-state index contributed by atoms with van der Waals surface area (Å²) in [6, 6.07) is 10.1. The van der Waals surface area contributed by atoms with E-state index in [1.807, 2.05) is 38.2 Å². The summed E-state index contributed by atoms with van der Waals surface area (Å²) in [5, 5.41) is 0. The molecule has 1 aromatic carbocycles. The molecule has 0 N–H and O–H groups in total. The monoisotopic (exact) mass is 294 g/mol. The molecular weight excluding hydrogens is 276 g/mol. The van der Waals surface area contributed by atoms with E-state index in [0.717, 1.165) is 17.8 Å². The highest BCUT2D eigenvalue weighted by Gasteiger charge is 2.59. The highest BCUT2D eigenvalue weighted by molar-refractivity contribution is 5.56. The summed E-state index contributed by atoms with van der Waals surface area (Å²) < 4.78 is 12.2. The number of benzene rings is 1. The fourth-order valence-corrected chi connectivity index (χ4v) is 4.27. The molecule has 4 atom stereocenters. The third kappa shape index (κ3) is 1.65. The summed E-state index contributed by atoms with van der Waals surface area (Å²) in [5.41, 5.74) is 3.49. The predicted octanol–water partition coefficient (Wildman–Crippen LogP) is 3.25. The number of aromatic nitrogens is 2. The van der Waals surface area contributed by atoms with Crippen LogP contribution in [0.2, 0.25) is 0 Å². The molecule has 1 aromatic heterocycles. The molecule has 1 saturated heterocycles. The summed E-state index contributed by atoms with van der Waals surface area (Å²) in [6.07, 6.45) is 3.39. The number of fused-ring (bicyclic) bond motifs is 8. The van der Waals surface area contributed by atoms with E-state index in [1.165, 1.54) is 11.3 Å². The zero-order valence-corrected chi connectivity index (χ0v) is 12.7. The highest BCUT2D eigenvalue weighted by Crippen LogP contribution is 2.58. The van der Waals surface area contributed by atoms with Crippen molar-refractivity contribution < 1.29 is 9.47 Å². The molecule has 4 heteroatoms. The van der Waals surface area contributed by atoms with Gasteiger partial charge in [-0.25, -0.2) is 9.97 Å². The van der Waals surface area contributed by atoms with Gasteiger partial charge in [0, 0.05) is 23.6 Å².